The van der Waals surface area contributed by atoms with Gasteiger partial charge in [0.2, 0.25) is 0 Å². The summed E-state index contributed by atoms with van der Waals surface area (Å²) < 4.78 is 5.40. The van der Waals surface area contributed by atoms with E-state index in [0.717, 1.165) is 16.5 Å². The van der Waals surface area contributed by atoms with Crippen molar-refractivity contribution in [2.75, 3.05) is 13.2 Å². The van der Waals surface area contributed by atoms with Gasteiger partial charge in [-0.3, -0.25) is 0 Å². The van der Waals surface area contributed by atoms with Gasteiger partial charge in [0.05, 0.1) is 12.2 Å². The first-order valence-corrected chi connectivity index (χ1v) is 7.18. The zero-order chi connectivity index (χ0) is 15.4. The number of aliphatic hydroxyl groups excluding tert-OH is 1. The number of hydrogen-bond donors (Lipinski definition) is 2. The highest BCUT2D eigenvalue weighted by Gasteiger charge is 2.16. The second kappa shape index (κ2) is 6.45. The fraction of sp³-hybridized carbons (Fsp3) is 0.167. The molecule has 0 fully saturated rings. The van der Waals surface area contributed by atoms with Gasteiger partial charge >= 0.3 is 5.97 Å². The Kier molecular flexibility index (Phi) is 4.21. The monoisotopic (exact) mass is 295 g/mol. The van der Waals surface area contributed by atoms with Crippen molar-refractivity contribution in [1.29, 1.82) is 0 Å². The first-order chi connectivity index (χ1) is 10.8. The number of aromatic nitrogens is 1. The molecule has 4 heteroatoms. The molecule has 0 bridgehead atoms. The molecule has 0 saturated heterocycles. The lowest BCUT2D eigenvalue weighted by Gasteiger charge is -2.15. The van der Waals surface area contributed by atoms with E-state index in [2.05, 4.69) is 4.98 Å². The minimum absolute atomic E-state index is 0.0638. The first kappa shape index (κ1) is 14.4. The number of esters is 1. The molecular formula is C18H17NO3. The van der Waals surface area contributed by atoms with Gasteiger partial charge < -0.3 is 14.8 Å². The predicted molar refractivity (Wildman–Crippen MR) is 84.9 cm³/mol. The minimum atomic E-state index is -0.375. The zero-order valence-electron chi connectivity index (χ0n) is 12.0. The highest BCUT2D eigenvalue weighted by molar-refractivity contribution is 6.03. The summed E-state index contributed by atoms with van der Waals surface area (Å²) in [4.78, 5) is 15.4. The molecule has 0 aliphatic heterocycles. The van der Waals surface area contributed by atoms with Crippen LogP contribution in [-0.2, 0) is 4.74 Å². The van der Waals surface area contributed by atoms with Crippen molar-refractivity contribution in [2.45, 2.75) is 5.92 Å². The van der Waals surface area contributed by atoms with E-state index in [1.54, 1.807) is 12.3 Å². The Labute approximate surface area is 128 Å². The average Bonchev–Trinajstić information content (AvgIpc) is 3.04. The molecule has 2 aromatic carbocycles. The number of carbonyl (C=O) groups excluding carboxylic acids is 1. The SMILES string of the molecule is O=C(OCC(CO)c1ccccc1)c1cccc2[nH]ccc12. The Hall–Kier alpha value is -2.59. The van der Waals surface area contributed by atoms with Gasteiger partial charge in [-0.05, 0) is 23.8 Å². The van der Waals surface area contributed by atoms with E-state index < -0.39 is 0 Å². The van der Waals surface area contributed by atoms with Gasteiger partial charge in [-0.25, -0.2) is 4.79 Å². The second-order valence-electron chi connectivity index (χ2n) is 5.13. The van der Waals surface area contributed by atoms with Crippen molar-refractivity contribution >= 4 is 16.9 Å². The standard InChI is InChI=1S/C18H17NO3/c20-11-14(13-5-2-1-3-6-13)12-22-18(21)16-7-4-8-17-15(16)9-10-19-17/h1-10,14,19-20H,11-12H2. The lowest BCUT2D eigenvalue weighted by atomic mass is 10.0. The summed E-state index contributed by atoms with van der Waals surface area (Å²) in [6.45, 7) is 0.0891. The molecule has 0 saturated carbocycles. The summed E-state index contributed by atoms with van der Waals surface area (Å²) in [6.07, 6.45) is 1.79. The van der Waals surface area contributed by atoms with Crippen molar-refractivity contribution < 1.29 is 14.6 Å². The summed E-state index contributed by atoms with van der Waals surface area (Å²) in [5.74, 6) is -0.588. The average molecular weight is 295 g/mol. The predicted octanol–water partition coefficient (Wildman–Crippen LogP) is 3.10. The molecule has 1 aromatic heterocycles. The van der Waals surface area contributed by atoms with Crippen molar-refractivity contribution in [3.63, 3.8) is 0 Å². The van der Waals surface area contributed by atoms with Crippen molar-refractivity contribution in [3.05, 3.63) is 71.9 Å². The largest absolute Gasteiger partial charge is 0.461 e. The van der Waals surface area contributed by atoms with E-state index in [9.17, 15) is 9.90 Å². The molecule has 1 unspecified atom stereocenters. The molecule has 0 spiro atoms. The Morgan fingerprint density at radius 3 is 2.68 bits per heavy atom. The molecule has 0 radical (unpaired) electrons. The van der Waals surface area contributed by atoms with E-state index in [0.29, 0.717) is 5.56 Å². The minimum Gasteiger partial charge on any atom is -0.461 e. The fourth-order valence-electron chi connectivity index (χ4n) is 2.50. The van der Waals surface area contributed by atoms with Gasteiger partial charge in [0.25, 0.3) is 0 Å². The van der Waals surface area contributed by atoms with Crippen molar-refractivity contribution in [1.82, 2.24) is 4.98 Å². The van der Waals surface area contributed by atoms with Gasteiger partial charge in [0.1, 0.15) is 6.61 Å². The quantitative estimate of drug-likeness (QED) is 0.711. The van der Waals surface area contributed by atoms with Crippen LogP contribution < -0.4 is 0 Å². The molecule has 22 heavy (non-hydrogen) atoms. The van der Waals surface area contributed by atoms with Crippen molar-refractivity contribution in [3.8, 4) is 0 Å². The fourth-order valence-corrected chi connectivity index (χ4v) is 2.50. The van der Waals surface area contributed by atoms with E-state index in [4.69, 9.17) is 4.74 Å². The molecule has 3 aromatic rings. The van der Waals surface area contributed by atoms with Crippen LogP contribution in [-0.4, -0.2) is 29.3 Å². The van der Waals surface area contributed by atoms with E-state index in [-0.39, 0.29) is 25.1 Å². The lowest BCUT2D eigenvalue weighted by Crippen LogP contribution is -2.16. The Morgan fingerprint density at radius 1 is 1.09 bits per heavy atom. The number of ether oxygens (including phenoxy) is 1. The summed E-state index contributed by atoms with van der Waals surface area (Å²) in [7, 11) is 0. The van der Waals surface area contributed by atoms with E-state index in [1.807, 2.05) is 48.5 Å². The Morgan fingerprint density at radius 2 is 1.91 bits per heavy atom. The van der Waals surface area contributed by atoms with Gasteiger partial charge in [0.15, 0.2) is 0 Å². The van der Waals surface area contributed by atoms with Crippen LogP contribution in [0.5, 0.6) is 0 Å². The van der Waals surface area contributed by atoms with Crippen LogP contribution in [0.4, 0.5) is 0 Å². The molecule has 0 aliphatic carbocycles. The van der Waals surface area contributed by atoms with Gasteiger partial charge in [-0.1, -0.05) is 36.4 Å². The van der Waals surface area contributed by atoms with Crippen LogP contribution in [0.2, 0.25) is 0 Å². The maximum absolute atomic E-state index is 12.3. The number of hydrogen-bond acceptors (Lipinski definition) is 3. The summed E-state index contributed by atoms with van der Waals surface area (Å²) in [5, 5.41) is 10.3. The molecule has 2 N–H and O–H groups in total. The summed E-state index contributed by atoms with van der Waals surface area (Å²) in [5.41, 5.74) is 2.39. The molecular weight excluding hydrogens is 278 g/mol. The summed E-state index contributed by atoms with van der Waals surface area (Å²) in [6, 6.07) is 16.9. The van der Waals surface area contributed by atoms with Gasteiger partial charge in [-0.15, -0.1) is 0 Å². The van der Waals surface area contributed by atoms with E-state index in [1.165, 1.54) is 0 Å². The third kappa shape index (κ3) is 2.87. The zero-order valence-corrected chi connectivity index (χ0v) is 12.0. The van der Waals surface area contributed by atoms with Gasteiger partial charge in [-0.2, -0.15) is 0 Å². The molecule has 1 atom stereocenters. The highest BCUT2D eigenvalue weighted by Crippen LogP contribution is 2.20. The number of rotatable bonds is 5. The number of aliphatic hydroxyl groups is 1. The topological polar surface area (TPSA) is 62.3 Å². The summed E-state index contributed by atoms with van der Waals surface area (Å²) >= 11 is 0. The molecule has 0 aliphatic rings. The van der Waals surface area contributed by atoms with Crippen LogP contribution in [0.1, 0.15) is 21.8 Å². The number of nitrogens with one attached hydrogen (secondary N) is 1. The maximum atomic E-state index is 12.3. The van der Waals surface area contributed by atoms with Crippen LogP contribution in [0.3, 0.4) is 0 Å². The Balaban J connectivity index is 1.73. The lowest BCUT2D eigenvalue weighted by molar-refractivity contribution is 0.0453. The van der Waals surface area contributed by atoms with Crippen LogP contribution in [0, 0.1) is 0 Å². The van der Waals surface area contributed by atoms with E-state index >= 15 is 0 Å². The number of H-pyrrole nitrogens is 1. The highest BCUT2D eigenvalue weighted by atomic mass is 16.5. The van der Waals surface area contributed by atoms with Crippen molar-refractivity contribution in [2.24, 2.45) is 0 Å². The molecule has 3 rings (SSSR count). The second-order valence-corrected chi connectivity index (χ2v) is 5.13. The van der Waals surface area contributed by atoms with Crippen LogP contribution >= 0.6 is 0 Å². The van der Waals surface area contributed by atoms with Crippen LogP contribution in [0.15, 0.2) is 60.8 Å². The third-order valence-corrected chi connectivity index (χ3v) is 3.72. The first-order valence-electron chi connectivity index (χ1n) is 7.18. The number of benzene rings is 2. The molecule has 0 amide bonds. The number of carbonyl (C=O) groups is 1. The normalized spacial score (nSPS) is 12.2. The number of aromatic amines is 1. The smallest absolute Gasteiger partial charge is 0.338 e. The molecule has 4 nitrogen and oxygen atoms in total. The van der Waals surface area contributed by atoms with Crippen LogP contribution in [0.25, 0.3) is 10.9 Å². The molecule has 112 valence electrons. The maximum Gasteiger partial charge on any atom is 0.338 e. The third-order valence-electron chi connectivity index (χ3n) is 3.72. The molecule has 1 heterocycles. The Bertz CT molecular complexity index is 764. The van der Waals surface area contributed by atoms with Gasteiger partial charge in [0, 0.05) is 23.0 Å². The number of fused-ring (bicyclic) bond motifs is 1.